The summed E-state index contributed by atoms with van der Waals surface area (Å²) >= 11 is 0. The van der Waals surface area contributed by atoms with E-state index in [1.165, 1.54) is 12.0 Å². The van der Waals surface area contributed by atoms with Gasteiger partial charge in [-0.2, -0.15) is 0 Å². The molecule has 7 heteroatoms. The lowest BCUT2D eigenvalue weighted by Crippen LogP contribution is -2.61. The molecular formula is C14H23FN2O4. The molecule has 2 amide bonds. The zero-order chi connectivity index (χ0) is 15.5. The number of likely N-dealkylation sites (tertiary alicyclic amines) is 1. The van der Waals surface area contributed by atoms with Gasteiger partial charge in [0.2, 0.25) is 5.91 Å². The lowest BCUT2D eigenvalue weighted by molar-refractivity contribution is -0.143. The van der Waals surface area contributed by atoms with E-state index in [4.69, 9.17) is 5.11 Å². The van der Waals surface area contributed by atoms with Gasteiger partial charge in [-0.25, -0.2) is 9.18 Å². The maximum atomic E-state index is 14.3. The van der Waals surface area contributed by atoms with Crippen LogP contribution in [0.2, 0.25) is 0 Å². The van der Waals surface area contributed by atoms with Crippen LogP contribution in [0.25, 0.3) is 0 Å². The lowest BCUT2D eigenvalue weighted by atomic mass is 9.91. The molecule has 1 saturated heterocycles. The second-order valence-electron chi connectivity index (χ2n) is 6.05. The fraction of sp³-hybridized carbons (Fsp3) is 0.857. The third-order valence-corrected chi connectivity index (χ3v) is 4.49. The molecule has 1 heterocycles. The van der Waals surface area contributed by atoms with Crippen LogP contribution in [0.15, 0.2) is 0 Å². The first-order valence-corrected chi connectivity index (χ1v) is 7.40. The number of nitrogens with one attached hydrogen (secondary N) is 1. The number of aliphatic hydroxyl groups is 1. The van der Waals surface area contributed by atoms with Crippen molar-refractivity contribution in [1.82, 2.24) is 10.2 Å². The van der Waals surface area contributed by atoms with E-state index in [9.17, 15) is 14.0 Å². The Morgan fingerprint density at radius 2 is 1.95 bits per heavy atom. The number of aliphatic hydroxyl groups excluding tert-OH is 1. The first kappa shape index (κ1) is 16.0. The Hall–Kier alpha value is -1.37. The third kappa shape index (κ3) is 3.28. The molecule has 2 fully saturated rings. The largest absolute Gasteiger partial charge is 0.453 e. The number of piperidine rings is 1. The zero-order valence-electron chi connectivity index (χ0n) is 12.4. The molecule has 0 unspecified atom stereocenters. The third-order valence-electron chi connectivity index (χ3n) is 4.49. The van der Waals surface area contributed by atoms with E-state index >= 15 is 0 Å². The highest BCUT2D eigenvalue weighted by molar-refractivity contribution is 5.90. The first-order valence-electron chi connectivity index (χ1n) is 7.40. The van der Waals surface area contributed by atoms with Crippen LogP contribution in [-0.4, -0.2) is 60.0 Å². The molecule has 0 aromatic carbocycles. The van der Waals surface area contributed by atoms with E-state index < -0.39 is 23.9 Å². The molecule has 0 aromatic heterocycles. The molecule has 0 spiro atoms. The minimum absolute atomic E-state index is 0.118. The molecule has 0 bridgehead atoms. The molecule has 1 aliphatic carbocycles. The van der Waals surface area contributed by atoms with Gasteiger partial charge in [-0.15, -0.1) is 0 Å². The molecule has 6 nitrogen and oxygen atoms in total. The molecule has 2 aliphatic rings. The number of methoxy groups -OCH3 is 1. The number of hydrogen-bond donors (Lipinski definition) is 2. The number of hydrogen-bond acceptors (Lipinski definition) is 4. The summed E-state index contributed by atoms with van der Waals surface area (Å²) in [7, 11) is 1.25. The molecule has 2 rings (SSSR count). The molecule has 2 N–H and O–H groups in total. The monoisotopic (exact) mass is 302 g/mol. The lowest BCUT2D eigenvalue weighted by Gasteiger charge is -2.41. The minimum atomic E-state index is -1.74. The van der Waals surface area contributed by atoms with Gasteiger partial charge in [-0.3, -0.25) is 4.79 Å². The van der Waals surface area contributed by atoms with Gasteiger partial charge in [0.1, 0.15) is 5.54 Å². The van der Waals surface area contributed by atoms with Crippen molar-refractivity contribution in [2.45, 2.75) is 49.7 Å². The van der Waals surface area contributed by atoms with Gasteiger partial charge in [-0.05, 0) is 25.7 Å². The predicted molar refractivity (Wildman–Crippen MR) is 73.5 cm³/mol. The Morgan fingerprint density at radius 3 is 2.52 bits per heavy atom. The molecule has 0 radical (unpaired) electrons. The average molecular weight is 302 g/mol. The highest BCUT2D eigenvalue weighted by Gasteiger charge is 2.47. The standard InChI is InChI=1S/C14H23FN2O4/c1-21-12(20)16-14(6-2-3-7-14)11(19)17-8-4-5-13(15,9-17)10-18/h18H,2-10H2,1H3,(H,16,20)/t13-/m1/s1. The number of nitrogens with zero attached hydrogens (tertiary/aromatic N) is 1. The Labute approximate surface area is 123 Å². The molecular weight excluding hydrogens is 279 g/mol. The number of carbonyl (C=O) groups excluding carboxylic acids is 2. The van der Waals surface area contributed by atoms with Gasteiger partial charge in [0.25, 0.3) is 0 Å². The van der Waals surface area contributed by atoms with E-state index in [1.54, 1.807) is 0 Å². The summed E-state index contributed by atoms with van der Waals surface area (Å²) in [6, 6.07) is 0. The predicted octanol–water partition coefficient (Wildman–Crippen LogP) is 0.978. The number of ether oxygens (including phenoxy) is 1. The van der Waals surface area contributed by atoms with E-state index in [1.807, 2.05) is 0 Å². The van der Waals surface area contributed by atoms with Crippen molar-refractivity contribution in [2.75, 3.05) is 26.8 Å². The van der Waals surface area contributed by atoms with Crippen molar-refractivity contribution in [3.63, 3.8) is 0 Å². The summed E-state index contributed by atoms with van der Waals surface area (Å²) in [6.07, 6.45) is 2.87. The second kappa shape index (κ2) is 6.17. The number of halogens is 1. The number of amides is 2. The molecule has 1 saturated carbocycles. The van der Waals surface area contributed by atoms with Crippen LogP contribution < -0.4 is 5.32 Å². The summed E-state index contributed by atoms with van der Waals surface area (Å²) in [6.45, 7) is -0.254. The first-order chi connectivity index (χ1) is 9.95. The molecule has 0 aromatic rings. The maximum absolute atomic E-state index is 14.3. The fourth-order valence-electron chi connectivity index (χ4n) is 3.31. The van der Waals surface area contributed by atoms with E-state index in [0.29, 0.717) is 25.8 Å². The average Bonchev–Trinajstić information content (AvgIpc) is 2.96. The van der Waals surface area contributed by atoms with Crippen molar-refractivity contribution in [3.8, 4) is 0 Å². The van der Waals surface area contributed by atoms with Crippen LogP contribution in [0.5, 0.6) is 0 Å². The van der Waals surface area contributed by atoms with E-state index in [0.717, 1.165) is 12.8 Å². The summed E-state index contributed by atoms with van der Waals surface area (Å²) in [5.74, 6) is -0.263. The molecule has 120 valence electrons. The molecule has 21 heavy (non-hydrogen) atoms. The van der Waals surface area contributed by atoms with Crippen LogP contribution >= 0.6 is 0 Å². The van der Waals surface area contributed by atoms with Crippen LogP contribution in [0.4, 0.5) is 9.18 Å². The van der Waals surface area contributed by atoms with Crippen LogP contribution in [0.3, 0.4) is 0 Å². The molecule has 1 atom stereocenters. The van der Waals surface area contributed by atoms with E-state index in [-0.39, 0.29) is 18.9 Å². The Kier molecular flexibility index (Phi) is 4.70. The van der Waals surface area contributed by atoms with Crippen molar-refractivity contribution in [3.05, 3.63) is 0 Å². The van der Waals surface area contributed by atoms with Crippen molar-refractivity contribution in [2.24, 2.45) is 0 Å². The summed E-state index contributed by atoms with van der Waals surface area (Å²) in [5.41, 5.74) is -2.72. The summed E-state index contributed by atoms with van der Waals surface area (Å²) in [4.78, 5) is 25.7. The topological polar surface area (TPSA) is 78.9 Å². The quantitative estimate of drug-likeness (QED) is 0.814. The normalized spacial score (nSPS) is 28.2. The highest BCUT2D eigenvalue weighted by atomic mass is 19.1. The number of alkyl carbamates (subject to hydrolysis) is 1. The Morgan fingerprint density at radius 1 is 1.29 bits per heavy atom. The van der Waals surface area contributed by atoms with Gasteiger partial charge >= 0.3 is 6.09 Å². The summed E-state index contributed by atoms with van der Waals surface area (Å²) in [5, 5.41) is 11.8. The van der Waals surface area contributed by atoms with Crippen LogP contribution in [0.1, 0.15) is 38.5 Å². The van der Waals surface area contributed by atoms with Gasteiger partial charge in [0.15, 0.2) is 5.67 Å². The van der Waals surface area contributed by atoms with E-state index in [2.05, 4.69) is 10.1 Å². The molecule has 1 aliphatic heterocycles. The van der Waals surface area contributed by atoms with Gasteiger partial charge < -0.3 is 20.1 Å². The SMILES string of the molecule is COC(=O)NC1(C(=O)N2CCC[C@](F)(CO)C2)CCCC1. The van der Waals surface area contributed by atoms with Crippen LogP contribution in [-0.2, 0) is 9.53 Å². The number of alkyl halides is 1. The summed E-state index contributed by atoms with van der Waals surface area (Å²) < 4.78 is 18.9. The highest BCUT2D eigenvalue weighted by Crippen LogP contribution is 2.34. The van der Waals surface area contributed by atoms with Gasteiger partial charge in [-0.1, -0.05) is 12.8 Å². The zero-order valence-corrected chi connectivity index (χ0v) is 12.4. The smallest absolute Gasteiger partial charge is 0.407 e. The van der Waals surface area contributed by atoms with Gasteiger partial charge in [0, 0.05) is 6.54 Å². The van der Waals surface area contributed by atoms with Gasteiger partial charge in [0.05, 0.1) is 20.3 Å². The second-order valence-corrected chi connectivity index (χ2v) is 6.05. The minimum Gasteiger partial charge on any atom is -0.453 e. The van der Waals surface area contributed by atoms with Crippen molar-refractivity contribution >= 4 is 12.0 Å². The Bertz CT molecular complexity index is 412. The fourth-order valence-corrected chi connectivity index (χ4v) is 3.31. The van der Waals surface area contributed by atoms with Crippen LogP contribution in [0, 0.1) is 0 Å². The number of rotatable bonds is 3. The van der Waals surface area contributed by atoms with Crippen molar-refractivity contribution in [1.29, 1.82) is 0 Å². The number of carbonyl (C=O) groups is 2. The van der Waals surface area contributed by atoms with Crippen molar-refractivity contribution < 1.29 is 23.8 Å². The Balaban J connectivity index is 2.13. The maximum Gasteiger partial charge on any atom is 0.407 e.